The van der Waals surface area contributed by atoms with Gasteiger partial charge in [-0.1, -0.05) is 11.6 Å². The molecule has 6 nitrogen and oxygen atoms in total. The molecule has 1 amide bonds. The van der Waals surface area contributed by atoms with Crippen LogP contribution < -0.4 is 11.1 Å². The van der Waals surface area contributed by atoms with Gasteiger partial charge in [0, 0.05) is 18.3 Å². The molecule has 24 heavy (non-hydrogen) atoms. The van der Waals surface area contributed by atoms with E-state index in [0.29, 0.717) is 23.1 Å². The fraction of sp³-hybridized carbons (Fsp3) is 0.588. The minimum atomic E-state index is -0.0580. The number of nitrogens with zero attached hydrogens (tertiary/aromatic N) is 2. The van der Waals surface area contributed by atoms with E-state index in [0.717, 1.165) is 36.8 Å². The number of hydrogen-bond acceptors (Lipinski definition) is 5. The fourth-order valence-corrected chi connectivity index (χ4v) is 4.33. The standard InChI is InChI=1S/C17H22N4O2.ClH/c1-9-14-7-12(8-19-17(14)23-21-9)16(22)20-15-10-3-2-4-11(15)6-13(18)5-10;/h7-8,10-11,13,15H,2-6,18H2,1H3,(H,20,22);1H. The van der Waals surface area contributed by atoms with Crippen LogP contribution in [0, 0.1) is 18.8 Å². The van der Waals surface area contributed by atoms with E-state index < -0.39 is 0 Å². The van der Waals surface area contributed by atoms with Crippen LogP contribution in [0.3, 0.4) is 0 Å². The number of rotatable bonds is 2. The molecule has 4 rings (SSSR count). The number of carbonyl (C=O) groups excluding carboxylic acids is 1. The van der Waals surface area contributed by atoms with Gasteiger partial charge in [-0.3, -0.25) is 4.79 Å². The van der Waals surface area contributed by atoms with Crippen molar-refractivity contribution in [1.29, 1.82) is 0 Å². The Morgan fingerprint density at radius 3 is 2.75 bits per heavy atom. The summed E-state index contributed by atoms with van der Waals surface area (Å²) in [5, 5.41) is 7.93. The lowest BCUT2D eigenvalue weighted by Crippen LogP contribution is -2.53. The van der Waals surface area contributed by atoms with E-state index >= 15 is 0 Å². The number of hydrogen-bond donors (Lipinski definition) is 2. The summed E-state index contributed by atoms with van der Waals surface area (Å²) in [6, 6.07) is 2.35. The maximum Gasteiger partial charge on any atom is 0.257 e. The average molecular weight is 351 g/mol. The van der Waals surface area contributed by atoms with E-state index in [1.54, 1.807) is 6.20 Å². The van der Waals surface area contributed by atoms with Gasteiger partial charge in [0.1, 0.15) is 0 Å². The zero-order valence-electron chi connectivity index (χ0n) is 13.7. The summed E-state index contributed by atoms with van der Waals surface area (Å²) in [5.74, 6) is 0.961. The van der Waals surface area contributed by atoms with Gasteiger partial charge in [-0.05, 0) is 50.5 Å². The van der Waals surface area contributed by atoms with Crippen molar-refractivity contribution in [2.75, 3.05) is 0 Å². The second-order valence-electron chi connectivity index (χ2n) is 7.03. The second-order valence-corrected chi connectivity index (χ2v) is 7.03. The third-order valence-corrected chi connectivity index (χ3v) is 5.45. The minimum absolute atomic E-state index is 0. The second kappa shape index (κ2) is 6.69. The van der Waals surface area contributed by atoms with E-state index in [-0.39, 0.29) is 30.4 Å². The van der Waals surface area contributed by atoms with Crippen LogP contribution >= 0.6 is 12.4 Å². The molecule has 0 aliphatic heterocycles. The zero-order valence-corrected chi connectivity index (χ0v) is 14.5. The summed E-state index contributed by atoms with van der Waals surface area (Å²) >= 11 is 0. The van der Waals surface area contributed by atoms with E-state index in [1.807, 2.05) is 13.0 Å². The summed E-state index contributed by atoms with van der Waals surface area (Å²) < 4.78 is 5.10. The van der Waals surface area contributed by atoms with Crippen LogP contribution in [0.15, 0.2) is 16.8 Å². The van der Waals surface area contributed by atoms with E-state index in [4.69, 9.17) is 10.3 Å². The lowest BCUT2D eigenvalue weighted by atomic mass is 9.67. The van der Waals surface area contributed by atoms with Gasteiger partial charge in [-0.15, -0.1) is 12.4 Å². The number of pyridine rings is 1. The number of nitrogens with one attached hydrogen (secondary N) is 1. The molecule has 2 aromatic rings. The summed E-state index contributed by atoms with van der Waals surface area (Å²) in [4.78, 5) is 16.9. The summed E-state index contributed by atoms with van der Waals surface area (Å²) in [7, 11) is 0. The van der Waals surface area contributed by atoms with Crippen LogP contribution in [0.4, 0.5) is 0 Å². The first-order chi connectivity index (χ1) is 11.1. The molecule has 0 spiro atoms. The van der Waals surface area contributed by atoms with Crippen LogP contribution in [0.1, 0.15) is 48.2 Å². The highest BCUT2D eigenvalue weighted by molar-refractivity contribution is 5.97. The quantitative estimate of drug-likeness (QED) is 0.868. The molecule has 2 saturated carbocycles. The van der Waals surface area contributed by atoms with Crippen LogP contribution in [0.5, 0.6) is 0 Å². The maximum absolute atomic E-state index is 12.7. The number of aryl methyl sites for hydroxylation is 1. The summed E-state index contributed by atoms with van der Waals surface area (Å²) in [5.41, 5.74) is 7.95. The first-order valence-corrected chi connectivity index (χ1v) is 8.40. The first-order valence-electron chi connectivity index (χ1n) is 8.40. The van der Waals surface area contributed by atoms with Gasteiger partial charge in [0.25, 0.3) is 11.6 Å². The Labute approximate surface area is 147 Å². The number of fused-ring (bicyclic) bond motifs is 3. The van der Waals surface area contributed by atoms with E-state index in [1.165, 1.54) is 6.42 Å². The molecule has 2 aromatic heterocycles. The number of halogens is 1. The Hall–Kier alpha value is -1.66. The van der Waals surface area contributed by atoms with Crippen molar-refractivity contribution < 1.29 is 9.32 Å². The SMILES string of the molecule is Cc1noc2ncc(C(=O)NC3C4CCCC3CC(N)C4)cc12.Cl. The Bertz CT molecular complexity index is 733. The Morgan fingerprint density at radius 2 is 2.04 bits per heavy atom. The van der Waals surface area contributed by atoms with Gasteiger partial charge in [-0.25, -0.2) is 4.98 Å². The zero-order chi connectivity index (χ0) is 16.0. The van der Waals surface area contributed by atoms with Crippen LogP contribution in [0.25, 0.3) is 11.1 Å². The molecule has 2 aliphatic rings. The highest BCUT2D eigenvalue weighted by Crippen LogP contribution is 2.39. The first kappa shape index (κ1) is 17.2. The van der Waals surface area contributed by atoms with Crippen molar-refractivity contribution in [2.45, 2.75) is 51.1 Å². The lowest BCUT2D eigenvalue weighted by molar-refractivity contribution is 0.0756. The largest absolute Gasteiger partial charge is 0.349 e. The van der Waals surface area contributed by atoms with E-state index in [2.05, 4.69) is 15.5 Å². The fourth-order valence-electron chi connectivity index (χ4n) is 4.33. The van der Waals surface area contributed by atoms with Gasteiger partial charge >= 0.3 is 0 Å². The Morgan fingerprint density at radius 1 is 1.33 bits per heavy atom. The molecule has 2 heterocycles. The molecule has 2 unspecified atom stereocenters. The van der Waals surface area contributed by atoms with Crippen molar-refractivity contribution >= 4 is 29.4 Å². The predicted molar refractivity (Wildman–Crippen MR) is 93.1 cm³/mol. The van der Waals surface area contributed by atoms with Crippen LogP contribution in [-0.4, -0.2) is 28.1 Å². The third kappa shape index (κ3) is 3.00. The summed E-state index contributed by atoms with van der Waals surface area (Å²) in [6.45, 7) is 1.85. The molecular weight excluding hydrogens is 328 g/mol. The van der Waals surface area contributed by atoms with Crippen LogP contribution in [-0.2, 0) is 0 Å². The molecule has 2 aliphatic carbocycles. The molecule has 2 bridgehead atoms. The van der Waals surface area contributed by atoms with Crippen molar-refractivity contribution in [3.8, 4) is 0 Å². The lowest BCUT2D eigenvalue weighted by Gasteiger charge is -2.45. The normalized spacial score (nSPS) is 29.1. The van der Waals surface area contributed by atoms with Gasteiger partial charge in [0.2, 0.25) is 0 Å². The van der Waals surface area contributed by atoms with E-state index in [9.17, 15) is 4.79 Å². The monoisotopic (exact) mass is 350 g/mol. The van der Waals surface area contributed by atoms with Crippen molar-refractivity contribution in [3.05, 3.63) is 23.5 Å². The Balaban J connectivity index is 0.00000169. The molecule has 0 saturated heterocycles. The molecule has 2 atom stereocenters. The molecule has 0 aromatic carbocycles. The topological polar surface area (TPSA) is 94.0 Å². The van der Waals surface area contributed by atoms with Gasteiger partial charge in [0.15, 0.2) is 0 Å². The number of carbonyl (C=O) groups is 1. The van der Waals surface area contributed by atoms with Gasteiger partial charge in [-0.2, -0.15) is 0 Å². The smallest absolute Gasteiger partial charge is 0.257 e. The maximum atomic E-state index is 12.7. The molecule has 2 fully saturated rings. The minimum Gasteiger partial charge on any atom is -0.349 e. The highest BCUT2D eigenvalue weighted by Gasteiger charge is 2.40. The number of aromatic nitrogens is 2. The molecule has 7 heteroatoms. The van der Waals surface area contributed by atoms with Crippen LogP contribution in [0.2, 0.25) is 0 Å². The summed E-state index contributed by atoms with van der Waals surface area (Å²) in [6.07, 6.45) is 7.18. The number of nitrogens with two attached hydrogens (primary N) is 1. The molecule has 130 valence electrons. The average Bonchev–Trinajstić information content (AvgIpc) is 2.89. The van der Waals surface area contributed by atoms with Crippen molar-refractivity contribution in [3.63, 3.8) is 0 Å². The molecule has 0 radical (unpaired) electrons. The number of amides is 1. The van der Waals surface area contributed by atoms with Crippen molar-refractivity contribution in [2.24, 2.45) is 17.6 Å². The third-order valence-electron chi connectivity index (χ3n) is 5.45. The Kier molecular flexibility index (Phi) is 4.78. The van der Waals surface area contributed by atoms with Gasteiger partial charge in [0.05, 0.1) is 16.6 Å². The highest BCUT2D eigenvalue weighted by atomic mass is 35.5. The molecule has 3 N–H and O–H groups in total. The van der Waals surface area contributed by atoms with Crippen molar-refractivity contribution in [1.82, 2.24) is 15.5 Å². The predicted octanol–water partition coefficient (Wildman–Crippen LogP) is 2.59. The van der Waals surface area contributed by atoms with Gasteiger partial charge < -0.3 is 15.6 Å². The molecular formula is C17H23ClN4O2.